The lowest BCUT2D eigenvalue weighted by molar-refractivity contribution is -0.385. The molecule has 82 valence electrons. The van der Waals surface area contributed by atoms with Crippen molar-refractivity contribution in [2.24, 2.45) is 0 Å². The first-order chi connectivity index (χ1) is 6.99. The number of carbonyl (C=O) groups is 1. The molecule has 0 atom stereocenters. The Labute approximate surface area is 85.5 Å². The molecule has 1 N–H and O–H groups in total. The molecule has 0 fully saturated rings. The number of carboxylic acid groups (broad SMARTS) is 1. The summed E-state index contributed by atoms with van der Waals surface area (Å²) in [5.74, 6) is -1.32. The van der Waals surface area contributed by atoms with Gasteiger partial charge in [0.15, 0.2) is 0 Å². The van der Waals surface area contributed by atoms with Crippen LogP contribution in [0.25, 0.3) is 0 Å². The van der Waals surface area contributed by atoms with Crippen LogP contribution in [-0.2, 0) is 6.54 Å². The average Bonchev–Trinajstić information content (AvgIpc) is 2.42. The molecule has 1 rings (SSSR count). The van der Waals surface area contributed by atoms with E-state index in [9.17, 15) is 14.9 Å². The fourth-order valence-corrected chi connectivity index (χ4v) is 1.38. The Kier molecular flexibility index (Phi) is 3.03. The largest absolute Gasteiger partial charge is 0.476 e. The molecule has 0 aliphatic carbocycles. The lowest BCUT2D eigenvalue weighted by atomic mass is 10.3. The standard InChI is InChI=1S/C8H11N3O4/c1-3-4-10-7(8(12)13)6(11(14)15)5(2)9-10/h3-4H2,1-2H3,(H,12,13). The Balaban J connectivity index is 3.37. The molecule has 0 unspecified atom stereocenters. The molecule has 0 bridgehead atoms. The van der Waals surface area contributed by atoms with Gasteiger partial charge in [0.2, 0.25) is 5.69 Å². The van der Waals surface area contributed by atoms with Crippen LogP contribution in [0.3, 0.4) is 0 Å². The van der Waals surface area contributed by atoms with Crippen LogP contribution in [0.2, 0.25) is 0 Å². The first-order valence-electron chi connectivity index (χ1n) is 4.44. The predicted molar refractivity (Wildman–Crippen MR) is 50.9 cm³/mol. The summed E-state index contributed by atoms with van der Waals surface area (Å²) < 4.78 is 1.16. The summed E-state index contributed by atoms with van der Waals surface area (Å²) in [6.07, 6.45) is 0.665. The Morgan fingerprint density at radius 2 is 2.27 bits per heavy atom. The highest BCUT2D eigenvalue weighted by atomic mass is 16.6. The molecule has 1 aromatic heterocycles. The van der Waals surface area contributed by atoms with Crippen molar-refractivity contribution in [2.75, 3.05) is 0 Å². The maximum Gasteiger partial charge on any atom is 0.361 e. The molecule has 7 heteroatoms. The molecule has 0 aromatic carbocycles. The molecule has 15 heavy (non-hydrogen) atoms. The van der Waals surface area contributed by atoms with Crippen LogP contribution in [-0.4, -0.2) is 25.8 Å². The summed E-state index contributed by atoms with van der Waals surface area (Å²) in [4.78, 5) is 20.8. The van der Waals surface area contributed by atoms with E-state index in [0.29, 0.717) is 13.0 Å². The quantitative estimate of drug-likeness (QED) is 0.598. The van der Waals surface area contributed by atoms with Gasteiger partial charge in [-0.1, -0.05) is 6.92 Å². The number of nitrogens with zero attached hydrogens (tertiary/aromatic N) is 3. The summed E-state index contributed by atoms with van der Waals surface area (Å²) in [7, 11) is 0. The molecule has 7 nitrogen and oxygen atoms in total. The molecule has 1 heterocycles. The van der Waals surface area contributed by atoms with Crippen molar-refractivity contribution in [3.8, 4) is 0 Å². The molecule has 0 radical (unpaired) electrons. The Hall–Kier alpha value is -1.92. The summed E-state index contributed by atoms with van der Waals surface area (Å²) >= 11 is 0. The van der Waals surface area contributed by atoms with Crippen molar-refractivity contribution in [3.05, 3.63) is 21.5 Å². The number of aromatic nitrogens is 2. The van der Waals surface area contributed by atoms with Crippen molar-refractivity contribution in [3.63, 3.8) is 0 Å². The van der Waals surface area contributed by atoms with Gasteiger partial charge in [-0.25, -0.2) is 4.79 Å². The molecule has 0 aliphatic heterocycles. The van der Waals surface area contributed by atoms with Crippen molar-refractivity contribution >= 4 is 11.7 Å². The lowest BCUT2D eigenvalue weighted by Gasteiger charge is -1.99. The van der Waals surface area contributed by atoms with E-state index in [1.54, 1.807) is 0 Å². The molecule has 0 aliphatic rings. The number of nitro groups is 1. The number of carboxylic acids is 1. The van der Waals surface area contributed by atoms with Crippen LogP contribution in [0, 0.1) is 17.0 Å². The Bertz CT molecular complexity index is 410. The maximum atomic E-state index is 10.9. The molecule has 0 saturated carbocycles. The van der Waals surface area contributed by atoms with Crippen LogP contribution in [0.5, 0.6) is 0 Å². The number of hydrogen-bond donors (Lipinski definition) is 1. The predicted octanol–water partition coefficient (Wildman–Crippen LogP) is 1.21. The number of hydrogen-bond acceptors (Lipinski definition) is 4. The Morgan fingerprint density at radius 1 is 1.67 bits per heavy atom. The minimum atomic E-state index is -1.32. The molecule has 1 aromatic rings. The van der Waals surface area contributed by atoms with Crippen LogP contribution < -0.4 is 0 Å². The average molecular weight is 213 g/mol. The lowest BCUT2D eigenvalue weighted by Crippen LogP contribution is -2.11. The topological polar surface area (TPSA) is 98.3 Å². The van der Waals surface area contributed by atoms with Crippen LogP contribution in [0.1, 0.15) is 29.5 Å². The highest BCUT2D eigenvalue weighted by molar-refractivity contribution is 5.90. The van der Waals surface area contributed by atoms with Crippen LogP contribution in [0.4, 0.5) is 5.69 Å². The van der Waals surface area contributed by atoms with Gasteiger partial charge in [0.25, 0.3) is 0 Å². The molecular formula is C8H11N3O4. The normalized spacial score (nSPS) is 10.3. The fourth-order valence-electron chi connectivity index (χ4n) is 1.38. The maximum absolute atomic E-state index is 10.9. The SMILES string of the molecule is CCCn1nc(C)c([N+](=O)[O-])c1C(=O)O. The van der Waals surface area contributed by atoms with Gasteiger partial charge < -0.3 is 5.11 Å². The van der Waals surface area contributed by atoms with Gasteiger partial charge in [-0.2, -0.15) is 5.10 Å². The van der Waals surface area contributed by atoms with Gasteiger partial charge in [-0.3, -0.25) is 14.8 Å². The van der Waals surface area contributed by atoms with E-state index in [2.05, 4.69) is 5.10 Å². The van der Waals surface area contributed by atoms with Gasteiger partial charge in [-0.15, -0.1) is 0 Å². The molecule has 0 amide bonds. The first kappa shape index (κ1) is 11.2. The van der Waals surface area contributed by atoms with Gasteiger partial charge in [-0.05, 0) is 13.3 Å². The zero-order valence-corrected chi connectivity index (χ0v) is 8.43. The highest BCUT2D eigenvalue weighted by Crippen LogP contribution is 2.22. The van der Waals surface area contributed by atoms with E-state index in [0.717, 1.165) is 4.68 Å². The number of rotatable bonds is 4. The fraction of sp³-hybridized carbons (Fsp3) is 0.500. The van der Waals surface area contributed by atoms with Gasteiger partial charge in [0.1, 0.15) is 5.69 Å². The van der Waals surface area contributed by atoms with E-state index in [4.69, 9.17) is 5.11 Å². The summed E-state index contributed by atoms with van der Waals surface area (Å²) in [5, 5.41) is 23.4. The Morgan fingerprint density at radius 3 is 2.67 bits per heavy atom. The summed E-state index contributed by atoms with van der Waals surface area (Å²) in [5.41, 5.74) is -0.638. The minimum absolute atomic E-state index is 0.130. The second-order valence-corrected chi connectivity index (χ2v) is 3.07. The van der Waals surface area contributed by atoms with E-state index in [1.165, 1.54) is 6.92 Å². The van der Waals surface area contributed by atoms with Crippen molar-refractivity contribution < 1.29 is 14.8 Å². The van der Waals surface area contributed by atoms with E-state index in [-0.39, 0.29) is 11.4 Å². The summed E-state index contributed by atoms with van der Waals surface area (Å²) in [6, 6.07) is 0. The van der Waals surface area contributed by atoms with E-state index < -0.39 is 16.6 Å². The highest BCUT2D eigenvalue weighted by Gasteiger charge is 2.29. The second-order valence-electron chi connectivity index (χ2n) is 3.07. The minimum Gasteiger partial charge on any atom is -0.476 e. The van der Waals surface area contributed by atoms with Gasteiger partial charge in [0.05, 0.1) is 4.92 Å². The van der Waals surface area contributed by atoms with E-state index >= 15 is 0 Å². The second kappa shape index (κ2) is 4.07. The number of aryl methyl sites for hydroxylation is 2. The zero-order valence-electron chi connectivity index (χ0n) is 8.43. The smallest absolute Gasteiger partial charge is 0.361 e. The third-order valence-corrected chi connectivity index (χ3v) is 1.92. The molecular weight excluding hydrogens is 202 g/mol. The van der Waals surface area contributed by atoms with Crippen molar-refractivity contribution in [1.29, 1.82) is 0 Å². The van der Waals surface area contributed by atoms with Gasteiger partial charge >= 0.3 is 11.7 Å². The third kappa shape index (κ3) is 1.95. The van der Waals surface area contributed by atoms with Crippen molar-refractivity contribution in [2.45, 2.75) is 26.8 Å². The van der Waals surface area contributed by atoms with Gasteiger partial charge in [0, 0.05) is 6.54 Å². The first-order valence-corrected chi connectivity index (χ1v) is 4.44. The number of aromatic carboxylic acids is 1. The van der Waals surface area contributed by atoms with E-state index in [1.807, 2.05) is 6.92 Å². The monoisotopic (exact) mass is 213 g/mol. The molecule has 0 spiro atoms. The molecule has 0 saturated heterocycles. The van der Waals surface area contributed by atoms with Crippen LogP contribution >= 0.6 is 0 Å². The van der Waals surface area contributed by atoms with Crippen molar-refractivity contribution in [1.82, 2.24) is 9.78 Å². The third-order valence-electron chi connectivity index (χ3n) is 1.92. The zero-order chi connectivity index (χ0) is 11.6. The van der Waals surface area contributed by atoms with Crippen LogP contribution in [0.15, 0.2) is 0 Å². The summed E-state index contributed by atoms with van der Waals surface area (Å²) in [6.45, 7) is 3.63.